The van der Waals surface area contributed by atoms with Gasteiger partial charge in [-0.05, 0) is 47.8 Å². The summed E-state index contributed by atoms with van der Waals surface area (Å²) in [5.74, 6) is 0. The van der Waals surface area contributed by atoms with Crippen LogP contribution in [-0.4, -0.2) is 49.1 Å². The fourth-order valence-corrected chi connectivity index (χ4v) is 1.54. The predicted molar refractivity (Wildman–Crippen MR) is 64.8 cm³/mol. The fraction of sp³-hybridized carbons (Fsp3) is 1.00. The lowest BCUT2D eigenvalue weighted by Gasteiger charge is -2.31. The van der Waals surface area contributed by atoms with Gasteiger partial charge in [0, 0.05) is 18.1 Å². The summed E-state index contributed by atoms with van der Waals surface area (Å²) >= 11 is 0. The van der Waals surface area contributed by atoms with Gasteiger partial charge in [0.1, 0.15) is 0 Å². The largest absolute Gasteiger partial charge is 0.302 e. The number of rotatable bonds is 4. The minimum absolute atomic E-state index is 0.513. The minimum Gasteiger partial charge on any atom is -0.302 e. The van der Waals surface area contributed by atoms with Crippen LogP contribution in [0, 0.1) is 0 Å². The zero-order chi connectivity index (χ0) is 11.4. The van der Waals surface area contributed by atoms with Crippen LogP contribution in [0.1, 0.15) is 40.5 Å². The lowest BCUT2D eigenvalue weighted by Crippen LogP contribution is -2.43. The first-order valence-electron chi connectivity index (χ1n) is 5.86. The highest BCUT2D eigenvalue weighted by atomic mass is 15.2. The van der Waals surface area contributed by atoms with Crippen molar-refractivity contribution in [3.8, 4) is 0 Å². The monoisotopic (exact) mass is 200 g/mol. The molecule has 0 radical (unpaired) electrons. The van der Waals surface area contributed by atoms with Gasteiger partial charge in [-0.15, -0.1) is 0 Å². The third-order valence-electron chi connectivity index (χ3n) is 3.20. The molecule has 0 atom stereocenters. The molecule has 1 rings (SSSR count). The summed E-state index contributed by atoms with van der Waals surface area (Å²) in [6.45, 7) is 9.73. The van der Waals surface area contributed by atoms with Gasteiger partial charge in [0.25, 0.3) is 0 Å². The highest BCUT2D eigenvalue weighted by Crippen LogP contribution is 2.40. The molecular formula is C12H28N2. The molecule has 0 aromatic carbocycles. The molecule has 14 heavy (non-hydrogen) atoms. The topological polar surface area (TPSA) is 6.48 Å². The number of nitrogens with zero attached hydrogens (tertiary/aromatic N) is 2. The van der Waals surface area contributed by atoms with E-state index in [-0.39, 0.29) is 0 Å². The van der Waals surface area contributed by atoms with Gasteiger partial charge in [-0.2, -0.15) is 0 Å². The van der Waals surface area contributed by atoms with E-state index in [0.717, 1.165) is 0 Å². The van der Waals surface area contributed by atoms with Crippen LogP contribution in [0.2, 0.25) is 0 Å². The van der Waals surface area contributed by atoms with Gasteiger partial charge >= 0.3 is 0 Å². The van der Waals surface area contributed by atoms with Crippen LogP contribution in [-0.2, 0) is 0 Å². The van der Waals surface area contributed by atoms with Crippen LogP contribution >= 0.6 is 0 Å². The molecule has 1 fully saturated rings. The molecule has 2 heteroatoms. The number of hydrogen-bond donors (Lipinski definition) is 0. The van der Waals surface area contributed by atoms with Gasteiger partial charge in [-0.1, -0.05) is 13.8 Å². The smallest absolute Gasteiger partial charge is 0.0331 e. The first-order chi connectivity index (χ1) is 6.48. The Balaban J connectivity index is 0.000000791. The van der Waals surface area contributed by atoms with E-state index in [9.17, 15) is 0 Å². The van der Waals surface area contributed by atoms with E-state index < -0.39 is 0 Å². The molecule has 0 spiro atoms. The van der Waals surface area contributed by atoms with Gasteiger partial charge < -0.3 is 9.80 Å². The Morgan fingerprint density at radius 3 is 1.71 bits per heavy atom. The van der Waals surface area contributed by atoms with Gasteiger partial charge in [0.15, 0.2) is 0 Å². The second kappa shape index (κ2) is 5.72. The Morgan fingerprint density at radius 2 is 1.50 bits per heavy atom. The third-order valence-corrected chi connectivity index (χ3v) is 3.20. The normalized spacial score (nSPS) is 18.4. The summed E-state index contributed by atoms with van der Waals surface area (Å²) in [5.41, 5.74) is 0.513. The van der Waals surface area contributed by atoms with Crippen LogP contribution in [0.15, 0.2) is 0 Å². The van der Waals surface area contributed by atoms with Crippen molar-refractivity contribution < 1.29 is 0 Å². The molecule has 0 aromatic rings. The maximum absolute atomic E-state index is 2.44. The van der Waals surface area contributed by atoms with Crippen molar-refractivity contribution in [2.24, 2.45) is 0 Å². The van der Waals surface area contributed by atoms with E-state index in [0.29, 0.717) is 11.6 Å². The van der Waals surface area contributed by atoms with Crippen molar-refractivity contribution in [2.75, 3.05) is 27.7 Å². The first kappa shape index (κ1) is 13.9. The predicted octanol–water partition coefficient (Wildman–Crippen LogP) is 2.45. The highest BCUT2D eigenvalue weighted by Gasteiger charge is 2.45. The Hall–Kier alpha value is -0.0800. The molecule has 0 unspecified atom stereocenters. The molecule has 1 aliphatic rings. The van der Waals surface area contributed by atoms with Crippen molar-refractivity contribution >= 4 is 0 Å². The Kier molecular flexibility index (Phi) is 5.68. The van der Waals surface area contributed by atoms with Crippen molar-refractivity contribution in [3.05, 3.63) is 0 Å². The molecule has 0 saturated heterocycles. The zero-order valence-electron chi connectivity index (χ0n) is 11.1. The van der Waals surface area contributed by atoms with Crippen molar-refractivity contribution in [3.63, 3.8) is 0 Å². The average Bonchev–Trinajstić information content (AvgIpc) is 2.89. The minimum atomic E-state index is 0.513. The van der Waals surface area contributed by atoms with Crippen molar-refractivity contribution in [2.45, 2.75) is 52.1 Å². The molecule has 1 saturated carbocycles. The first-order valence-corrected chi connectivity index (χ1v) is 5.86. The van der Waals surface area contributed by atoms with Crippen LogP contribution in [0.3, 0.4) is 0 Å². The Labute approximate surface area is 90.3 Å². The standard InChI is InChI=1S/C10H22N2.C2H6/c1-9(2)12(5)8-10(6-7-10)11(3)4;1-2/h9H,6-8H2,1-5H3;1-2H3. The second-order valence-corrected chi connectivity index (χ2v) is 4.63. The van der Waals surface area contributed by atoms with Crippen LogP contribution in [0.4, 0.5) is 0 Å². The molecule has 0 amide bonds. The van der Waals surface area contributed by atoms with Gasteiger partial charge in [-0.25, -0.2) is 0 Å². The van der Waals surface area contributed by atoms with E-state index in [1.54, 1.807) is 0 Å². The molecule has 0 aromatic heterocycles. The lowest BCUT2D eigenvalue weighted by molar-refractivity contribution is 0.166. The quantitative estimate of drug-likeness (QED) is 0.688. The molecule has 0 N–H and O–H groups in total. The van der Waals surface area contributed by atoms with Crippen LogP contribution in [0.5, 0.6) is 0 Å². The molecule has 0 heterocycles. The summed E-state index contributed by atoms with van der Waals surface area (Å²) in [4.78, 5) is 4.82. The summed E-state index contributed by atoms with van der Waals surface area (Å²) in [6.07, 6.45) is 2.74. The summed E-state index contributed by atoms with van der Waals surface area (Å²) < 4.78 is 0. The Morgan fingerprint density at radius 1 is 1.07 bits per heavy atom. The molecule has 86 valence electrons. The fourth-order valence-electron chi connectivity index (χ4n) is 1.54. The third kappa shape index (κ3) is 3.58. The summed E-state index contributed by atoms with van der Waals surface area (Å²) in [6, 6.07) is 0.669. The van der Waals surface area contributed by atoms with E-state index >= 15 is 0 Å². The lowest BCUT2D eigenvalue weighted by atomic mass is 10.2. The molecule has 0 aliphatic heterocycles. The van der Waals surface area contributed by atoms with Gasteiger partial charge in [0.2, 0.25) is 0 Å². The van der Waals surface area contributed by atoms with E-state index in [4.69, 9.17) is 0 Å². The second-order valence-electron chi connectivity index (χ2n) is 4.63. The molecule has 1 aliphatic carbocycles. The van der Waals surface area contributed by atoms with Crippen LogP contribution < -0.4 is 0 Å². The summed E-state index contributed by atoms with van der Waals surface area (Å²) in [5, 5.41) is 0. The van der Waals surface area contributed by atoms with E-state index in [1.807, 2.05) is 13.8 Å². The zero-order valence-corrected chi connectivity index (χ0v) is 11.1. The maximum Gasteiger partial charge on any atom is 0.0331 e. The van der Waals surface area contributed by atoms with Gasteiger partial charge in [0.05, 0.1) is 0 Å². The van der Waals surface area contributed by atoms with Crippen molar-refractivity contribution in [1.82, 2.24) is 9.80 Å². The average molecular weight is 200 g/mol. The van der Waals surface area contributed by atoms with Crippen LogP contribution in [0.25, 0.3) is 0 Å². The summed E-state index contributed by atoms with van der Waals surface area (Å²) in [7, 11) is 6.61. The maximum atomic E-state index is 2.44. The SMILES string of the molecule is CC.CC(C)N(C)CC1(N(C)C)CC1. The van der Waals surface area contributed by atoms with Crippen molar-refractivity contribution in [1.29, 1.82) is 0 Å². The molecule has 0 bridgehead atoms. The van der Waals surface area contributed by atoms with Gasteiger partial charge in [-0.3, -0.25) is 0 Å². The number of hydrogen-bond acceptors (Lipinski definition) is 2. The molecule has 2 nitrogen and oxygen atoms in total. The Bertz CT molecular complexity index is 148. The van der Waals surface area contributed by atoms with E-state index in [1.165, 1.54) is 19.4 Å². The number of likely N-dealkylation sites (N-methyl/N-ethyl adjacent to an activating group) is 2. The molecular weight excluding hydrogens is 172 g/mol. The highest BCUT2D eigenvalue weighted by molar-refractivity contribution is 5.03. The van der Waals surface area contributed by atoms with E-state index in [2.05, 4.69) is 44.8 Å².